The van der Waals surface area contributed by atoms with Crippen molar-refractivity contribution in [1.82, 2.24) is 10.7 Å². The van der Waals surface area contributed by atoms with E-state index in [2.05, 4.69) is 15.8 Å². The third-order valence-electron chi connectivity index (χ3n) is 1.95. The zero-order chi connectivity index (χ0) is 12.0. The van der Waals surface area contributed by atoms with Gasteiger partial charge in [0.2, 0.25) is 0 Å². The van der Waals surface area contributed by atoms with Crippen LogP contribution < -0.4 is 10.7 Å². The number of hydrazone groups is 1. The van der Waals surface area contributed by atoms with Gasteiger partial charge in [-0.2, -0.15) is 5.10 Å². The number of hydrogen-bond donors (Lipinski definition) is 3. The molecule has 0 aliphatic carbocycles. The van der Waals surface area contributed by atoms with Crippen molar-refractivity contribution in [2.75, 3.05) is 6.54 Å². The Bertz CT molecular complexity index is 387. The van der Waals surface area contributed by atoms with Gasteiger partial charge in [-0.1, -0.05) is 0 Å². The molecule has 86 valence electrons. The van der Waals surface area contributed by atoms with E-state index >= 15 is 0 Å². The Morgan fingerprint density at radius 2 is 2.00 bits per heavy atom. The smallest absolute Gasteiger partial charge is 0.186 e. The van der Waals surface area contributed by atoms with E-state index in [1.54, 1.807) is 24.3 Å². The zero-order valence-electron chi connectivity index (χ0n) is 9.32. The average Bonchev–Trinajstić information content (AvgIpc) is 2.27. The molecule has 16 heavy (non-hydrogen) atoms. The van der Waals surface area contributed by atoms with Gasteiger partial charge in [0, 0.05) is 6.54 Å². The fraction of sp³-hybridized carbons (Fsp3) is 0.273. The van der Waals surface area contributed by atoms with E-state index in [-0.39, 0.29) is 5.75 Å². The lowest BCUT2D eigenvalue weighted by atomic mass is 10.1. The maximum atomic E-state index is 9.14. The summed E-state index contributed by atoms with van der Waals surface area (Å²) in [5, 5.41) is 16.7. The number of nitrogens with zero attached hydrogens (tertiary/aromatic N) is 1. The number of phenols is 1. The number of phenolic OH excluding ortho intramolecular Hbond substituents is 1. The molecular weight excluding hydrogens is 222 g/mol. The van der Waals surface area contributed by atoms with Crippen LogP contribution in [0.3, 0.4) is 0 Å². The fourth-order valence-corrected chi connectivity index (χ4v) is 1.29. The van der Waals surface area contributed by atoms with Gasteiger partial charge in [-0.25, -0.2) is 0 Å². The SMILES string of the molecule is CCNC(=S)N/N=C(\C)c1ccc(O)cc1. The molecule has 0 spiro atoms. The summed E-state index contributed by atoms with van der Waals surface area (Å²) in [6.07, 6.45) is 0. The Labute approximate surface area is 100 Å². The quantitative estimate of drug-likeness (QED) is 0.424. The molecule has 0 radical (unpaired) electrons. The Balaban J connectivity index is 2.63. The number of thiocarbonyl (C=S) groups is 1. The van der Waals surface area contributed by atoms with Crippen LogP contribution >= 0.6 is 12.2 Å². The molecule has 0 unspecified atom stereocenters. The van der Waals surface area contributed by atoms with Crippen molar-refractivity contribution in [2.45, 2.75) is 13.8 Å². The number of hydrogen-bond acceptors (Lipinski definition) is 3. The summed E-state index contributed by atoms with van der Waals surface area (Å²) in [5.74, 6) is 0.243. The topological polar surface area (TPSA) is 56.7 Å². The van der Waals surface area contributed by atoms with E-state index in [1.807, 2.05) is 13.8 Å². The van der Waals surface area contributed by atoms with Gasteiger partial charge in [-0.15, -0.1) is 0 Å². The minimum atomic E-state index is 0.243. The zero-order valence-corrected chi connectivity index (χ0v) is 10.1. The molecule has 1 aromatic carbocycles. The van der Waals surface area contributed by atoms with Gasteiger partial charge >= 0.3 is 0 Å². The summed E-state index contributed by atoms with van der Waals surface area (Å²) in [6.45, 7) is 4.60. The molecule has 0 heterocycles. The molecule has 5 heteroatoms. The molecule has 0 saturated carbocycles. The summed E-state index contributed by atoms with van der Waals surface area (Å²) < 4.78 is 0. The van der Waals surface area contributed by atoms with Crippen molar-refractivity contribution in [3.63, 3.8) is 0 Å². The summed E-state index contributed by atoms with van der Waals surface area (Å²) in [5.41, 5.74) is 4.48. The Morgan fingerprint density at radius 3 is 2.56 bits per heavy atom. The van der Waals surface area contributed by atoms with Crippen molar-refractivity contribution >= 4 is 23.0 Å². The molecular formula is C11H15N3OS. The lowest BCUT2D eigenvalue weighted by Gasteiger charge is -2.05. The predicted molar refractivity (Wildman–Crippen MR) is 69.7 cm³/mol. The summed E-state index contributed by atoms with van der Waals surface area (Å²) in [6, 6.07) is 6.84. The fourth-order valence-electron chi connectivity index (χ4n) is 1.10. The first-order valence-corrected chi connectivity index (χ1v) is 5.42. The van der Waals surface area contributed by atoms with Crippen molar-refractivity contribution in [2.24, 2.45) is 5.10 Å². The second kappa shape index (κ2) is 6.07. The summed E-state index contributed by atoms with van der Waals surface area (Å²) in [4.78, 5) is 0. The summed E-state index contributed by atoms with van der Waals surface area (Å²) in [7, 11) is 0. The third-order valence-corrected chi connectivity index (χ3v) is 2.18. The summed E-state index contributed by atoms with van der Waals surface area (Å²) >= 11 is 4.97. The lowest BCUT2D eigenvalue weighted by Crippen LogP contribution is -2.32. The number of rotatable bonds is 3. The van der Waals surface area contributed by atoms with Crippen LogP contribution in [0.25, 0.3) is 0 Å². The van der Waals surface area contributed by atoms with Gasteiger partial charge < -0.3 is 10.4 Å². The maximum absolute atomic E-state index is 9.14. The Kier molecular flexibility index (Phi) is 4.72. The molecule has 4 nitrogen and oxygen atoms in total. The standard InChI is InChI=1S/C11H15N3OS/c1-3-12-11(16)14-13-8(2)9-4-6-10(15)7-5-9/h4-7,15H,3H2,1-2H3,(H2,12,14,16)/b13-8+. The third kappa shape index (κ3) is 3.86. The van der Waals surface area contributed by atoms with Crippen LogP contribution in [0, 0.1) is 0 Å². The second-order valence-corrected chi connectivity index (χ2v) is 3.62. The van der Waals surface area contributed by atoms with E-state index < -0.39 is 0 Å². The van der Waals surface area contributed by atoms with Crippen molar-refractivity contribution in [3.8, 4) is 5.75 Å². The highest BCUT2D eigenvalue weighted by Gasteiger charge is 1.97. The van der Waals surface area contributed by atoms with Crippen LogP contribution in [-0.4, -0.2) is 22.5 Å². The number of aromatic hydroxyl groups is 1. The predicted octanol–water partition coefficient (Wildman–Crippen LogP) is 1.60. The molecule has 1 rings (SSSR count). The van der Waals surface area contributed by atoms with Crippen LogP contribution in [0.4, 0.5) is 0 Å². The molecule has 0 amide bonds. The Hall–Kier alpha value is -1.62. The van der Waals surface area contributed by atoms with Crippen molar-refractivity contribution < 1.29 is 5.11 Å². The van der Waals surface area contributed by atoms with E-state index in [0.29, 0.717) is 5.11 Å². The van der Waals surface area contributed by atoms with Crippen LogP contribution in [0.5, 0.6) is 5.75 Å². The van der Waals surface area contributed by atoms with Crippen LogP contribution in [0.15, 0.2) is 29.4 Å². The molecule has 0 atom stereocenters. The van der Waals surface area contributed by atoms with E-state index in [4.69, 9.17) is 17.3 Å². The maximum Gasteiger partial charge on any atom is 0.186 e. The number of benzene rings is 1. The highest BCUT2D eigenvalue weighted by atomic mass is 32.1. The van der Waals surface area contributed by atoms with Gasteiger partial charge in [0.25, 0.3) is 0 Å². The van der Waals surface area contributed by atoms with E-state index in [0.717, 1.165) is 17.8 Å². The highest BCUT2D eigenvalue weighted by Crippen LogP contribution is 2.10. The van der Waals surface area contributed by atoms with Crippen LogP contribution in [0.1, 0.15) is 19.4 Å². The van der Waals surface area contributed by atoms with Gasteiger partial charge in [-0.05, 0) is 55.9 Å². The minimum Gasteiger partial charge on any atom is -0.508 e. The molecule has 0 aliphatic rings. The molecule has 0 bridgehead atoms. The first kappa shape index (κ1) is 12.4. The van der Waals surface area contributed by atoms with Crippen LogP contribution in [-0.2, 0) is 0 Å². The highest BCUT2D eigenvalue weighted by molar-refractivity contribution is 7.80. The second-order valence-electron chi connectivity index (χ2n) is 3.22. The van der Waals surface area contributed by atoms with E-state index in [9.17, 15) is 0 Å². The van der Waals surface area contributed by atoms with Crippen molar-refractivity contribution in [3.05, 3.63) is 29.8 Å². The minimum absolute atomic E-state index is 0.243. The van der Waals surface area contributed by atoms with Gasteiger partial charge in [-0.3, -0.25) is 5.43 Å². The monoisotopic (exact) mass is 237 g/mol. The van der Waals surface area contributed by atoms with Gasteiger partial charge in [0.1, 0.15) is 5.75 Å². The largest absolute Gasteiger partial charge is 0.508 e. The average molecular weight is 237 g/mol. The first-order chi connectivity index (χ1) is 7.63. The van der Waals surface area contributed by atoms with Crippen molar-refractivity contribution in [1.29, 1.82) is 0 Å². The molecule has 0 saturated heterocycles. The first-order valence-electron chi connectivity index (χ1n) is 5.01. The molecule has 0 aliphatic heterocycles. The molecule has 1 aromatic rings. The molecule has 0 aromatic heterocycles. The van der Waals surface area contributed by atoms with Gasteiger partial charge in [0.15, 0.2) is 5.11 Å². The molecule has 3 N–H and O–H groups in total. The van der Waals surface area contributed by atoms with E-state index in [1.165, 1.54) is 0 Å². The number of nitrogens with one attached hydrogen (secondary N) is 2. The normalized spacial score (nSPS) is 11.0. The van der Waals surface area contributed by atoms with Crippen LogP contribution in [0.2, 0.25) is 0 Å². The Morgan fingerprint density at radius 1 is 1.38 bits per heavy atom. The molecule has 0 fully saturated rings. The van der Waals surface area contributed by atoms with Gasteiger partial charge in [0.05, 0.1) is 5.71 Å². The lowest BCUT2D eigenvalue weighted by molar-refractivity contribution is 0.475.